The largest absolute Gasteiger partial charge is 0.444 e. The molecule has 15 heavy (non-hydrogen) atoms. The van der Waals surface area contributed by atoms with E-state index in [2.05, 4.69) is 0 Å². The number of hydrogen-bond donors (Lipinski definition) is 1. The molecule has 0 saturated carbocycles. The van der Waals surface area contributed by atoms with E-state index in [1.807, 2.05) is 0 Å². The molecular weight excluding hydrogens is 196 g/mol. The Kier molecular flexibility index (Phi) is 2.67. The predicted molar refractivity (Wildman–Crippen MR) is 55.2 cm³/mol. The minimum absolute atomic E-state index is 0.477. The highest BCUT2D eigenvalue weighted by Gasteiger charge is 2.49. The maximum absolute atomic E-state index is 11.7. The lowest BCUT2D eigenvalue weighted by Crippen LogP contribution is -2.67. The molecule has 5 nitrogen and oxygen atoms in total. The topological polar surface area (TPSA) is 72.6 Å². The lowest BCUT2D eigenvalue weighted by molar-refractivity contribution is -0.136. The highest BCUT2D eigenvalue weighted by Crippen LogP contribution is 2.31. The molecule has 1 atom stereocenters. The van der Waals surface area contributed by atoms with Gasteiger partial charge in [0.25, 0.3) is 0 Å². The van der Waals surface area contributed by atoms with Crippen LogP contribution < -0.4 is 5.73 Å². The third kappa shape index (κ3) is 2.22. The summed E-state index contributed by atoms with van der Waals surface area (Å²) >= 11 is 0. The first-order valence-corrected chi connectivity index (χ1v) is 4.97. The van der Waals surface area contributed by atoms with Gasteiger partial charge in [0.2, 0.25) is 5.91 Å². The van der Waals surface area contributed by atoms with E-state index in [-0.39, 0.29) is 0 Å². The Bertz CT molecular complexity index is 296. The zero-order valence-electron chi connectivity index (χ0n) is 9.66. The molecule has 1 aliphatic heterocycles. The van der Waals surface area contributed by atoms with Crippen LogP contribution in [0.4, 0.5) is 4.79 Å². The molecule has 1 rings (SSSR count). The van der Waals surface area contributed by atoms with Crippen molar-refractivity contribution in [2.24, 2.45) is 5.73 Å². The molecule has 1 saturated heterocycles. The first-order valence-electron chi connectivity index (χ1n) is 4.97. The molecular formula is C10H18N2O3. The van der Waals surface area contributed by atoms with Gasteiger partial charge in [0.05, 0.1) is 0 Å². The molecule has 0 aromatic rings. The molecule has 86 valence electrons. The summed E-state index contributed by atoms with van der Waals surface area (Å²) in [6.07, 6.45) is 0.122. The number of hydrogen-bond acceptors (Lipinski definition) is 3. The normalized spacial score (nSPS) is 25.7. The number of likely N-dealkylation sites (tertiary alicyclic amines) is 1. The summed E-state index contributed by atoms with van der Waals surface area (Å²) in [4.78, 5) is 24.2. The molecule has 5 heteroatoms. The average molecular weight is 214 g/mol. The Hall–Kier alpha value is -1.26. The van der Waals surface area contributed by atoms with Gasteiger partial charge in [0, 0.05) is 6.54 Å². The molecule has 1 unspecified atom stereocenters. The fraction of sp³-hybridized carbons (Fsp3) is 0.800. The van der Waals surface area contributed by atoms with Gasteiger partial charge < -0.3 is 10.5 Å². The fourth-order valence-electron chi connectivity index (χ4n) is 1.43. The van der Waals surface area contributed by atoms with Crippen molar-refractivity contribution < 1.29 is 14.3 Å². The first kappa shape index (κ1) is 11.8. The van der Waals surface area contributed by atoms with E-state index in [1.165, 1.54) is 4.90 Å². The Morgan fingerprint density at radius 1 is 1.40 bits per heavy atom. The van der Waals surface area contributed by atoms with Crippen LogP contribution in [-0.2, 0) is 9.53 Å². The van der Waals surface area contributed by atoms with Crippen LogP contribution in [-0.4, -0.2) is 34.6 Å². The van der Waals surface area contributed by atoms with Crippen molar-refractivity contribution in [3.05, 3.63) is 0 Å². The molecule has 1 aliphatic rings. The fourth-order valence-corrected chi connectivity index (χ4v) is 1.43. The minimum Gasteiger partial charge on any atom is -0.444 e. The predicted octanol–water partition coefficient (Wildman–Crippen LogP) is 0.871. The van der Waals surface area contributed by atoms with Gasteiger partial charge in [-0.15, -0.1) is 0 Å². The third-order valence-corrected chi connectivity index (χ3v) is 2.56. The summed E-state index contributed by atoms with van der Waals surface area (Å²) in [5.41, 5.74) is 3.81. The van der Waals surface area contributed by atoms with Gasteiger partial charge in [-0.2, -0.15) is 0 Å². The first-order chi connectivity index (χ1) is 6.67. The van der Waals surface area contributed by atoms with Crippen LogP contribution in [0.25, 0.3) is 0 Å². The quantitative estimate of drug-likeness (QED) is 0.704. The molecule has 2 N–H and O–H groups in total. The molecule has 0 bridgehead atoms. The molecule has 0 spiro atoms. The Labute approximate surface area is 89.6 Å². The van der Waals surface area contributed by atoms with Crippen molar-refractivity contribution in [2.45, 2.75) is 45.3 Å². The van der Waals surface area contributed by atoms with Crippen LogP contribution in [0.2, 0.25) is 0 Å². The number of ether oxygens (including phenoxy) is 1. The standard InChI is InChI=1S/C10H18N2O3/c1-9(2,3)15-8(14)12-6-5-10(12,4)7(11)13/h5-6H2,1-4H3,(H2,11,13). The molecule has 0 aromatic heterocycles. The second-order valence-corrected chi connectivity index (χ2v) is 5.02. The van der Waals surface area contributed by atoms with Gasteiger partial charge in [-0.1, -0.05) is 0 Å². The maximum atomic E-state index is 11.7. The molecule has 0 aliphatic carbocycles. The van der Waals surface area contributed by atoms with Crippen LogP contribution in [0.3, 0.4) is 0 Å². The highest BCUT2D eigenvalue weighted by atomic mass is 16.6. The lowest BCUT2D eigenvalue weighted by Gasteiger charge is -2.47. The lowest BCUT2D eigenvalue weighted by atomic mass is 9.86. The van der Waals surface area contributed by atoms with E-state index in [4.69, 9.17) is 10.5 Å². The number of nitrogens with two attached hydrogens (primary N) is 1. The zero-order chi connectivity index (χ0) is 11.9. The van der Waals surface area contributed by atoms with E-state index in [0.29, 0.717) is 13.0 Å². The van der Waals surface area contributed by atoms with Crippen LogP contribution in [0.5, 0.6) is 0 Å². The summed E-state index contributed by atoms with van der Waals surface area (Å²) in [5, 5.41) is 0. The third-order valence-electron chi connectivity index (χ3n) is 2.56. The van der Waals surface area contributed by atoms with Gasteiger partial charge in [-0.05, 0) is 34.1 Å². The van der Waals surface area contributed by atoms with Crippen molar-refractivity contribution in [3.63, 3.8) is 0 Å². The van der Waals surface area contributed by atoms with Crippen LogP contribution in [0, 0.1) is 0 Å². The summed E-state index contributed by atoms with van der Waals surface area (Å²) in [5.74, 6) is -0.486. The van der Waals surface area contributed by atoms with E-state index < -0.39 is 23.1 Å². The highest BCUT2D eigenvalue weighted by molar-refractivity contribution is 5.90. The van der Waals surface area contributed by atoms with Crippen LogP contribution in [0.15, 0.2) is 0 Å². The number of primary amides is 1. The minimum atomic E-state index is -0.873. The monoisotopic (exact) mass is 214 g/mol. The zero-order valence-corrected chi connectivity index (χ0v) is 9.66. The summed E-state index contributed by atoms with van der Waals surface area (Å²) in [6.45, 7) is 7.53. The molecule has 0 radical (unpaired) electrons. The van der Waals surface area contributed by atoms with Crippen molar-refractivity contribution >= 4 is 12.0 Å². The second-order valence-electron chi connectivity index (χ2n) is 5.02. The SMILES string of the molecule is CC(C)(C)OC(=O)N1CCC1(C)C(N)=O. The molecule has 1 fully saturated rings. The van der Waals surface area contributed by atoms with Crippen LogP contribution >= 0.6 is 0 Å². The van der Waals surface area contributed by atoms with Gasteiger partial charge in [0.15, 0.2) is 0 Å². The number of rotatable bonds is 1. The summed E-state index contributed by atoms with van der Waals surface area (Å²) in [6, 6.07) is 0. The van der Waals surface area contributed by atoms with E-state index >= 15 is 0 Å². The maximum Gasteiger partial charge on any atom is 0.411 e. The van der Waals surface area contributed by atoms with Gasteiger partial charge in [-0.3, -0.25) is 9.69 Å². The molecule has 1 heterocycles. The van der Waals surface area contributed by atoms with E-state index in [9.17, 15) is 9.59 Å². The van der Waals surface area contributed by atoms with Crippen LogP contribution in [0.1, 0.15) is 34.1 Å². The van der Waals surface area contributed by atoms with Crippen molar-refractivity contribution in [1.82, 2.24) is 4.90 Å². The second kappa shape index (κ2) is 3.40. The summed E-state index contributed by atoms with van der Waals surface area (Å²) in [7, 11) is 0. The average Bonchev–Trinajstić information content (AvgIpc) is 1.96. The number of nitrogens with zero attached hydrogens (tertiary/aromatic N) is 1. The summed E-state index contributed by atoms with van der Waals surface area (Å²) < 4.78 is 5.17. The Morgan fingerprint density at radius 3 is 2.20 bits per heavy atom. The molecule has 2 amide bonds. The van der Waals surface area contributed by atoms with Crippen molar-refractivity contribution in [1.29, 1.82) is 0 Å². The number of amides is 2. The van der Waals surface area contributed by atoms with E-state index in [0.717, 1.165) is 0 Å². The number of carbonyl (C=O) groups excluding carboxylic acids is 2. The Balaban J connectivity index is 2.67. The van der Waals surface area contributed by atoms with Gasteiger partial charge in [0.1, 0.15) is 11.1 Å². The number of carbonyl (C=O) groups is 2. The van der Waals surface area contributed by atoms with Gasteiger partial charge in [-0.25, -0.2) is 4.79 Å². The van der Waals surface area contributed by atoms with Gasteiger partial charge >= 0.3 is 6.09 Å². The Morgan fingerprint density at radius 2 is 1.93 bits per heavy atom. The van der Waals surface area contributed by atoms with Crippen molar-refractivity contribution in [3.8, 4) is 0 Å². The smallest absolute Gasteiger partial charge is 0.411 e. The van der Waals surface area contributed by atoms with Crippen molar-refractivity contribution in [2.75, 3.05) is 6.54 Å². The molecule has 0 aromatic carbocycles. The van der Waals surface area contributed by atoms with E-state index in [1.54, 1.807) is 27.7 Å².